The molecule has 0 fully saturated rings. The number of nitrogens with zero attached hydrogens (tertiary/aromatic N) is 3. The Hall–Kier alpha value is -1.92. The number of aromatic nitrogens is 2. The smallest absolute Gasteiger partial charge is 0.353 e. The van der Waals surface area contributed by atoms with Crippen LogP contribution in [0.15, 0.2) is 6.33 Å². The summed E-state index contributed by atoms with van der Waals surface area (Å²) < 4.78 is 0. The zero-order chi connectivity index (χ0) is 15.2. The first-order valence-corrected chi connectivity index (χ1v) is 6.82. The summed E-state index contributed by atoms with van der Waals surface area (Å²) in [6, 6.07) is 0. The molecule has 7 heteroatoms. The van der Waals surface area contributed by atoms with Gasteiger partial charge in [0, 0.05) is 13.1 Å². The van der Waals surface area contributed by atoms with Gasteiger partial charge in [0.15, 0.2) is 0 Å². The summed E-state index contributed by atoms with van der Waals surface area (Å²) in [6.07, 6.45) is 3.10. The predicted molar refractivity (Wildman–Crippen MR) is 80.0 cm³/mol. The second kappa shape index (κ2) is 7.02. The van der Waals surface area contributed by atoms with Crippen molar-refractivity contribution in [2.75, 3.05) is 23.7 Å². The van der Waals surface area contributed by atoms with Crippen LogP contribution in [0.3, 0.4) is 0 Å². The van der Waals surface area contributed by atoms with Gasteiger partial charge in [0.1, 0.15) is 6.33 Å². The van der Waals surface area contributed by atoms with Crippen LogP contribution in [0.25, 0.3) is 0 Å². The van der Waals surface area contributed by atoms with Crippen LogP contribution in [0.1, 0.15) is 40.5 Å². The van der Waals surface area contributed by atoms with Gasteiger partial charge in [0.2, 0.25) is 11.6 Å². The fraction of sp³-hybridized carbons (Fsp3) is 0.692. The first-order chi connectivity index (χ1) is 9.35. The molecule has 0 aliphatic heterocycles. The molecule has 0 aliphatic carbocycles. The maximum absolute atomic E-state index is 11.2. The van der Waals surface area contributed by atoms with Crippen molar-refractivity contribution in [3.63, 3.8) is 0 Å². The van der Waals surface area contributed by atoms with Crippen molar-refractivity contribution in [3.05, 3.63) is 16.4 Å². The van der Waals surface area contributed by atoms with Crippen molar-refractivity contribution in [2.24, 2.45) is 5.41 Å². The second-order valence-corrected chi connectivity index (χ2v) is 5.84. The minimum Gasteiger partial charge on any atom is -0.364 e. The Morgan fingerprint density at radius 3 is 2.20 bits per heavy atom. The molecular weight excluding hydrogens is 258 g/mol. The topological polar surface area (TPSA) is 93.0 Å². The molecule has 0 radical (unpaired) electrons. The summed E-state index contributed by atoms with van der Waals surface area (Å²) in [5.74, 6) is 0.540. The summed E-state index contributed by atoms with van der Waals surface area (Å²) in [7, 11) is 0. The van der Waals surface area contributed by atoms with E-state index >= 15 is 0 Å². The average Bonchev–Trinajstić information content (AvgIpc) is 2.34. The van der Waals surface area contributed by atoms with E-state index in [1.54, 1.807) is 0 Å². The molecule has 0 bridgehead atoms. The van der Waals surface area contributed by atoms with E-state index in [1.807, 2.05) is 6.92 Å². The van der Waals surface area contributed by atoms with E-state index in [0.29, 0.717) is 13.1 Å². The Kier molecular flexibility index (Phi) is 5.66. The lowest BCUT2D eigenvalue weighted by Crippen LogP contribution is -2.15. The molecule has 7 nitrogen and oxygen atoms in total. The van der Waals surface area contributed by atoms with Crippen molar-refractivity contribution >= 4 is 17.3 Å². The summed E-state index contributed by atoms with van der Waals surface area (Å²) in [5.41, 5.74) is 0.0767. The largest absolute Gasteiger partial charge is 0.364 e. The van der Waals surface area contributed by atoms with Gasteiger partial charge in [0.05, 0.1) is 4.92 Å². The highest BCUT2D eigenvalue weighted by molar-refractivity contribution is 5.69. The van der Waals surface area contributed by atoms with Crippen LogP contribution in [0.5, 0.6) is 0 Å². The maximum Gasteiger partial charge on any atom is 0.353 e. The monoisotopic (exact) mass is 281 g/mol. The van der Waals surface area contributed by atoms with E-state index in [1.165, 1.54) is 6.33 Å². The van der Waals surface area contributed by atoms with Gasteiger partial charge in [-0.1, -0.05) is 27.7 Å². The van der Waals surface area contributed by atoms with Gasteiger partial charge in [-0.2, -0.15) is 0 Å². The Labute approximate surface area is 119 Å². The Morgan fingerprint density at radius 2 is 1.75 bits per heavy atom. The molecule has 2 N–H and O–H groups in total. The molecule has 0 unspecified atom stereocenters. The predicted octanol–water partition coefficient (Wildman–Crippen LogP) is 3.05. The molecule has 0 aliphatic rings. The SMILES string of the molecule is CCCNc1ncnc(NCCC(C)(C)C)c1[N+](=O)[O-]. The molecule has 0 spiro atoms. The third-order valence-electron chi connectivity index (χ3n) is 2.71. The quantitative estimate of drug-likeness (QED) is 0.589. The molecule has 0 amide bonds. The van der Waals surface area contributed by atoms with Crippen molar-refractivity contribution in [3.8, 4) is 0 Å². The molecule has 1 aromatic heterocycles. The molecule has 0 saturated heterocycles. The molecule has 1 heterocycles. The first-order valence-electron chi connectivity index (χ1n) is 6.82. The minimum absolute atomic E-state index is 0.0881. The number of rotatable bonds is 7. The number of anilines is 2. The second-order valence-electron chi connectivity index (χ2n) is 5.84. The Bertz CT molecular complexity index is 457. The zero-order valence-corrected chi connectivity index (χ0v) is 12.6. The van der Waals surface area contributed by atoms with Gasteiger partial charge in [-0.25, -0.2) is 9.97 Å². The fourth-order valence-corrected chi connectivity index (χ4v) is 1.61. The number of nitro groups is 1. The van der Waals surface area contributed by atoms with Crippen LogP contribution >= 0.6 is 0 Å². The number of nitrogens with one attached hydrogen (secondary N) is 2. The van der Waals surface area contributed by atoms with Crippen LogP contribution in [0.2, 0.25) is 0 Å². The fourth-order valence-electron chi connectivity index (χ4n) is 1.61. The van der Waals surface area contributed by atoms with Crippen molar-refractivity contribution in [1.82, 2.24) is 9.97 Å². The van der Waals surface area contributed by atoms with E-state index < -0.39 is 4.92 Å². The molecule has 1 aromatic rings. The highest BCUT2D eigenvalue weighted by Crippen LogP contribution is 2.29. The molecule has 1 rings (SSSR count). The first kappa shape index (κ1) is 16.1. The van der Waals surface area contributed by atoms with Crippen molar-refractivity contribution < 1.29 is 4.92 Å². The lowest BCUT2D eigenvalue weighted by molar-refractivity contribution is -0.383. The van der Waals surface area contributed by atoms with Gasteiger partial charge in [-0.05, 0) is 18.3 Å². The van der Waals surface area contributed by atoms with Gasteiger partial charge in [-0.3, -0.25) is 10.1 Å². The Morgan fingerprint density at radius 1 is 1.20 bits per heavy atom. The summed E-state index contributed by atoms with van der Waals surface area (Å²) in [4.78, 5) is 18.7. The lowest BCUT2D eigenvalue weighted by atomic mass is 9.92. The van der Waals surface area contributed by atoms with Crippen LogP contribution in [-0.4, -0.2) is 28.0 Å². The zero-order valence-electron chi connectivity index (χ0n) is 12.6. The van der Waals surface area contributed by atoms with E-state index in [0.717, 1.165) is 12.8 Å². The van der Waals surface area contributed by atoms with E-state index in [9.17, 15) is 10.1 Å². The normalized spacial score (nSPS) is 11.2. The summed E-state index contributed by atoms with van der Waals surface area (Å²) >= 11 is 0. The molecule has 0 atom stereocenters. The third-order valence-corrected chi connectivity index (χ3v) is 2.71. The van der Waals surface area contributed by atoms with Crippen molar-refractivity contribution in [1.29, 1.82) is 0 Å². The standard InChI is InChI=1S/C13H23N5O2/c1-5-7-14-11-10(18(19)20)12(17-9-16-11)15-8-6-13(2,3)4/h9H,5-8H2,1-4H3,(H2,14,15,16,17). The molecular formula is C13H23N5O2. The minimum atomic E-state index is -0.447. The van der Waals surface area contributed by atoms with Gasteiger partial charge >= 0.3 is 5.69 Å². The van der Waals surface area contributed by atoms with Crippen LogP contribution in [0, 0.1) is 15.5 Å². The van der Waals surface area contributed by atoms with Gasteiger partial charge in [0.25, 0.3) is 0 Å². The molecule has 0 saturated carbocycles. The summed E-state index contributed by atoms with van der Waals surface area (Å²) in [6.45, 7) is 9.63. The van der Waals surface area contributed by atoms with Crippen LogP contribution in [-0.2, 0) is 0 Å². The Balaban J connectivity index is 2.86. The van der Waals surface area contributed by atoms with E-state index in [4.69, 9.17) is 0 Å². The maximum atomic E-state index is 11.2. The lowest BCUT2D eigenvalue weighted by Gasteiger charge is -2.18. The van der Waals surface area contributed by atoms with Crippen molar-refractivity contribution in [2.45, 2.75) is 40.5 Å². The highest BCUT2D eigenvalue weighted by Gasteiger charge is 2.22. The molecule has 0 aromatic carbocycles. The van der Waals surface area contributed by atoms with E-state index in [-0.39, 0.29) is 22.7 Å². The van der Waals surface area contributed by atoms with Crippen LogP contribution < -0.4 is 10.6 Å². The average molecular weight is 281 g/mol. The van der Waals surface area contributed by atoms with Gasteiger partial charge < -0.3 is 10.6 Å². The third kappa shape index (κ3) is 4.99. The molecule has 20 heavy (non-hydrogen) atoms. The van der Waals surface area contributed by atoms with E-state index in [2.05, 4.69) is 41.4 Å². The molecule has 112 valence electrons. The highest BCUT2D eigenvalue weighted by atomic mass is 16.6. The summed E-state index contributed by atoms with van der Waals surface area (Å²) in [5, 5.41) is 17.2. The van der Waals surface area contributed by atoms with Crippen LogP contribution in [0.4, 0.5) is 17.3 Å². The number of hydrogen-bond donors (Lipinski definition) is 2. The number of hydrogen-bond acceptors (Lipinski definition) is 6. The van der Waals surface area contributed by atoms with Gasteiger partial charge in [-0.15, -0.1) is 0 Å².